The smallest absolute Gasteiger partial charge is 0.243 e. The maximum atomic E-state index is 11.3. The highest BCUT2D eigenvalue weighted by Crippen LogP contribution is 2.30. The number of phenolic OH excluding ortho intramolecular Hbond substituents is 1. The minimum absolute atomic E-state index is 0.166. The van der Waals surface area contributed by atoms with Crippen molar-refractivity contribution in [2.45, 2.75) is 6.54 Å². The summed E-state index contributed by atoms with van der Waals surface area (Å²) in [6, 6.07) is 6.63. The molecule has 0 aliphatic heterocycles. The average Bonchev–Trinajstić information content (AvgIpc) is 2.95. The first-order valence-corrected chi connectivity index (χ1v) is 7.27. The van der Waals surface area contributed by atoms with Crippen molar-refractivity contribution in [1.29, 1.82) is 0 Å². The zero-order valence-corrected chi connectivity index (χ0v) is 12.8. The van der Waals surface area contributed by atoms with Crippen molar-refractivity contribution in [1.82, 2.24) is 25.1 Å². The van der Waals surface area contributed by atoms with Crippen molar-refractivity contribution in [3.8, 4) is 17.0 Å². The molecule has 2 aromatic heterocycles. The maximum absolute atomic E-state index is 11.3. The molecule has 0 aliphatic carbocycles. The molecule has 1 amide bonds. The Hall–Kier alpha value is -3.42. The fourth-order valence-electron chi connectivity index (χ4n) is 2.36. The number of nitrogens with zero attached hydrogens (tertiary/aromatic N) is 4. The van der Waals surface area contributed by atoms with E-state index >= 15 is 0 Å². The number of carbonyl (C=O) groups excluding carboxylic acids is 1. The Labute approximate surface area is 137 Å². The average molecular weight is 324 g/mol. The fourth-order valence-corrected chi connectivity index (χ4v) is 2.36. The second kappa shape index (κ2) is 6.37. The van der Waals surface area contributed by atoms with E-state index in [0.29, 0.717) is 35.6 Å². The normalized spacial score (nSPS) is 10.7. The number of aromatic nitrogens is 4. The maximum Gasteiger partial charge on any atom is 0.243 e. The molecule has 1 aromatic carbocycles. The Morgan fingerprint density at radius 3 is 2.79 bits per heavy atom. The van der Waals surface area contributed by atoms with Gasteiger partial charge in [-0.25, -0.2) is 14.6 Å². The number of hydrogen-bond donors (Lipinski definition) is 3. The predicted octanol–water partition coefficient (Wildman–Crippen LogP) is 1.08. The minimum atomic E-state index is -0.251. The van der Waals surface area contributed by atoms with Crippen LogP contribution in [0.3, 0.4) is 0 Å². The highest BCUT2D eigenvalue weighted by Gasteiger charge is 2.16. The number of nitrogens with two attached hydrogens (primary N) is 1. The predicted molar refractivity (Wildman–Crippen MR) is 90.0 cm³/mol. The molecule has 0 spiro atoms. The first kappa shape index (κ1) is 15.5. The largest absolute Gasteiger partial charge is 0.508 e. The Bertz CT molecular complexity index is 901. The summed E-state index contributed by atoms with van der Waals surface area (Å²) in [5.41, 5.74) is 7.99. The number of fused-ring (bicyclic) bond motifs is 1. The highest BCUT2D eigenvalue weighted by molar-refractivity contribution is 5.98. The first-order valence-electron chi connectivity index (χ1n) is 7.27. The Balaban J connectivity index is 2.01. The van der Waals surface area contributed by atoms with E-state index in [1.165, 1.54) is 12.4 Å². The molecular weight excluding hydrogens is 308 g/mol. The van der Waals surface area contributed by atoms with Crippen molar-refractivity contribution in [3.05, 3.63) is 43.2 Å². The number of amides is 1. The fraction of sp³-hybridized carbons (Fsp3) is 0.125. The van der Waals surface area contributed by atoms with E-state index < -0.39 is 0 Å². The van der Waals surface area contributed by atoms with Crippen molar-refractivity contribution in [2.75, 3.05) is 12.3 Å². The van der Waals surface area contributed by atoms with Crippen LogP contribution in [-0.4, -0.2) is 37.3 Å². The summed E-state index contributed by atoms with van der Waals surface area (Å²) in [6.45, 7) is 4.20. The standard InChI is InChI=1S/C16H16N6O2/c1-2-12(24)18-7-8-22-16-13(15(17)19-9-20-16)14(21-22)10-3-5-11(23)6-4-10/h2-6,9,23H,1,7-8H2,(H,18,24)(H2,17,19,20). The lowest BCUT2D eigenvalue weighted by Crippen LogP contribution is -2.25. The second-order valence-corrected chi connectivity index (χ2v) is 5.07. The molecule has 0 unspecified atom stereocenters. The quantitative estimate of drug-likeness (QED) is 0.604. The number of aromatic hydroxyl groups is 1. The second-order valence-electron chi connectivity index (χ2n) is 5.07. The van der Waals surface area contributed by atoms with Gasteiger partial charge in [0.2, 0.25) is 5.91 Å². The summed E-state index contributed by atoms with van der Waals surface area (Å²) in [5.74, 6) is 0.239. The summed E-state index contributed by atoms with van der Waals surface area (Å²) >= 11 is 0. The van der Waals surface area contributed by atoms with Crippen LogP contribution in [0.2, 0.25) is 0 Å². The lowest BCUT2D eigenvalue weighted by atomic mass is 10.1. The number of benzene rings is 1. The van der Waals surface area contributed by atoms with Gasteiger partial charge in [-0.1, -0.05) is 6.58 Å². The number of nitrogen functional groups attached to an aromatic ring is 1. The molecule has 0 radical (unpaired) electrons. The van der Waals surface area contributed by atoms with E-state index in [9.17, 15) is 9.90 Å². The first-order chi connectivity index (χ1) is 11.6. The molecule has 8 nitrogen and oxygen atoms in total. The summed E-state index contributed by atoms with van der Waals surface area (Å²) in [5, 5.41) is 17.3. The molecule has 0 bridgehead atoms. The lowest BCUT2D eigenvalue weighted by Gasteiger charge is -2.03. The van der Waals surface area contributed by atoms with E-state index in [1.807, 2.05) is 0 Å². The molecule has 2 heterocycles. The van der Waals surface area contributed by atoms with Gasteiger partial charge >= 0.3 is 0 Å². The van der Waals surface area contributed by atoms with Gasteiger partial charge in [0.05, 0.1) is 11.9 Å². The molecule has 0 aliphatic rings. The topological polar surface area (TPSA) is 119 Å². The van der Waals surface area contributed by atoms with Crippen LogP contribution in [0.5, 0.6) is 5.75 Å². The van der Waals surface area contributed by atoms with Crippen LogP contribution >= 0.6 is 0 Å². The van der Waals surface area contributed by atoms with Gasteiger partial charge < -0.3 is 16.2 Å². The monoisotopic (exact) mass is 324 g/mol. The molecule has 4 N–H and O–H groups in total. The van der Waals surface area contributed by atoms with Crippen LogP contribution in [-0.2, 0) is 11.3 Å². The third kappa shape index (κ3) is 2.89. The van der Waals surface area contributed by atoms with Gasteiger partial charge in [-0.05, 0) is 30.3 Å². The van der Waals surface area contributed by atoms with E-state index in [2.05, 4.69) is 27.0 Å². The van der Waals surface area contributed by atoms with Crippen molar-refractivity contribution < 1.29 is 9.90 Å². The molecule has 24 heavy (non-hydrogen) atoms. The summed E-state index contributed by atoms with van der Waals surface area (Å²) in [4.78, 5) is 19.5. The van der Waals surface area contributed by atoms with E-state index in [0.717, 1.165) is 5.56 Å². The summed E-state index contributed by atoms with van der Waals surface area (Å²) in [7, 11) is 0. The summed E-state index contributed by atoms with van der Waals surface area (Å²) in [6.07, 6.45) is 2.59. The molecule has 3 rings (SSSR count). The molecule has 3 aromatic rings. The van der Waals surface area contributed by atoms with Crippen molar-refractivity contribution in [2.24, 2.45) is 0 Å². The van der Waals surface area contributed by atoms with Crippen LogP contribution in [0, 0.1) is 0 Å². The van der Waals surface area contributed by atoms with E-state index in [-0.39, 0.29) is 11.7 Å². The van der Waals surface area contributed by atoms with Gasteiger partial charge in [0.25, 0.3) is 0 Å². The Kier molecular flexibility index (Phi) is 4.11. The van der Waals surface area contributed by atoms with Crippen LogP contribution in [0.4, 0.5) is 5.82 Å². The molecule has 0 atom stereocenters. The molecule has 0 saturated heterocycles. The van der Waals surface area contributed by atoms with Gasteiger partial charge in [0, 0.05) is 12.1 Å². The number of rotatable bonds is 5. The number of phenols is 1. The van der Waals surface area contributed by atoms with Crippen molar-refractivity contribution >= 4 is 22.8 Å². The van der Waals surface area contributed by atoms with Gasteiger partial charge in [-0.3, -0.25) is 4.79 Å². The SMILES string of the molecule is C=CC(=O)NCCn1nc(-c2ccc(O)cc2)c2c(N)ncnc21. The van der Waals surface area contributed by atoms with Gasteiger partial charge in [0.15, 0.2) is 5.65 Å². The molecule has 8 heteroatoms. The molecule has 122 valence electrons. The van der Waals surface area contributed by atoms with Crippen LogP contribution in [0.1, 0.15) is 0 Å². The van der Waals surface area contributed by atoms with Crippen molar-refractivity contribution in [3.63, 3.8) is 0 Å². The third-order valence-electron chi connectivity index (χ3n) is 3.51. The summed E-state index contributed by atoms with van der Waals surface area (Å²) < 4.78 is 1.67. The minimum Gasteiger partial charge on any atom is -0.508 e. The van der Waals surface area contributed by atoms with E-state index in [1.54, 1.807) is 28.9 Å². The van der Waals surface area contributed by atoms with E-state index in [4.69, 9.17) is 5.73 Å². The van der Waals surface area contributed by atoms with Crippen LogP contribution < -0.4 is 11.1 Å². The van der Waals surface area contributed by atoms with Crippen LogP contribution in [0.25, 0.3) is 22.3 Å². The van der Waals surface area contributed by atoms with Gasteiger partial charge in [-0.2, -0.15) is 5.10 Å². The van der Waals surface area contributed by atoms with Crippen LogP contribution in [0.15, 0.2) is 43.2 Å². The molecular formula is C16H16N6O2. The molecule has 0 fully saturated rings. The zero-order valence-electron chi connectivity index (χ0n) is 12.8. The number of carbonyl (C=O) groups is 1. The van der Waals surface area contributed by atoms with Gasteiger partial charge in [0.1, 0.15) is 23.6 Å². The highest BCUT2D eigenvalue weighted by atomic mass is 16.3. The number of nitrogens with one attached hydrogen (secondary N) is 1. The molecule has 0 saturated carbocycles. The number of hydrogen-bond acceptors (Lipinski definition) is 6. The number of anilines is 1. The third-order valence-corrected chi connectivity index (χ3v) is 3.51. The zero-order chi connectivity index (χ0) is 17.1. The lowest BCUT2D eigenvalue weighted by molar-refractivity contribution is -0.116. The van der Waals surface area contributed by atoms with Gasteiger partial charge in [-0.15, -0.1) is 0 Å². The Morgan fingerprint density at radius 1 is 1.33 bits per heavy atom. The Morgan fingerprint density at radius 2 is 2.08 bits per heavy atom.